The molecule has 0 unspecified atom stereocenters. The maximum atomic E-state index is 12.4. The molecule has 0 radical (unpaired) electrons. The number of hydrogen-bond acceptors (Lipinski definition) is 6. The van der Waals surface area contributed by atoms with Gasteiger partial charge in [0.1, 0.15) is 5.75 Å². The summed E-state index contributed by atoms with van der Waals surface area (Å²) in [7, 11) is 2.90. The number of alkyl halides is 2. The van der Waals surface area contributed by atoms with Crippen LogP contribution in [0.2, 0.25) is 0 Å². The number of hydrogen-bond donors (Lipinski definition) is 0. The number of aryl methyl sites for hydroxylation is 1. The van der Waals surface area contributed by atoms with Crippen LogP contribution in [0.25, 0.3) is 6.08 Å². The van der Waals surface area contributed by atoms with E-state index in [1.807, 2.05) is 13.0 Å². The number of benzene rings is 2. The van der Waals surface area contributed by atoms with Gasteiger partial charge in [-0.05, 0) is 54.5 Å². The van der Waals surface area contributed by atoms with Gasteiger partial charge < -0.3 is 18.9 Å². The third kappa shape index (κ3) is 4.11. The first-order chi connectivity index (χ1) is 13.4. The number of cyclic esters (lactones) is 1. The minimum atomic E-state index is -2.98. The first-order valence-corrected chi connectivity index (χ1v) is 8.21. The first-order valence-electron chi connectivity index (χ1n) is 8.21. The normalized spacial score (nSPS) is 14.9. The van der Waals surface area contributed by atoms with Crippen LogP contribution in [0.3, 0.4) is 0 Å². The van der Waals surface area contributed by atoms with E-state index in [1.54, 1.807) is 25.3 Å². The highest BCUT2D eigenvalue weighted by Crippen LogP contribution is 2.31. The van der Waals surface area contributed by atoms with Crippen LogP contribution in [0.1, 0.15) is 16.7 Å². The lowest BCUT2D eigenvalue weighted by molar-refractivity contribution is -0.129. The SMILES string of the molecule is COc1ccc(/C=C2/N=C(c3ccc(OC(F)F)c(OC)c3)OC2=O)cc1C. The van der Waals surface area contributed by atoms with E-state index in [9.17, 15) is 13.6 Å². The average Bonchev–Trinajstić information content (AvgIpc) is 3.02. The van der Waals surface area contributed by atoms with Gasteiger partial charge in [-0.15, -0.1) is 0 Å². The summed E-state index contributed by atoms with van der Waals surface area (Å²) in [6.07, 6.45) is 1.59. The van der Waals surface area contributed by atoms with Crippen molar-refractivity contribution >= 4 is 17.9 Å². The van der Waals surface area contributed by atoms with E-state index < -0.39 is 12.6 Å². The molecular formula is C20H17F2NO5. The van der Waals surface area contributed by atoms with Crippen molar-refractivity contribution in [3.8, 4) is 17.2 Å². The zero-order valence-electron chi connectivity index (χ0n) is 15.4. The molecule has 0 saturated carbocycles. The molecular weight excluding hydrogens is 372 g/mol. The lowest BCUT2D eigenvalue weighted by atomic mass is 10.1. The summed E-state index contributed by atoms with van der Waals surface area (Å²) in [5.74, 6) is 0.104. The maximum Gasteiger partial charge on any atom is 0.387 e. The second kappa shape index (κ2) is 8.08. The number of aliphatic imine (C=N–C) groups is 1. The van der Waals surface area contributed by atoms with Gasteiger partial charge in [-0.1, -0.05) is 6.07 Å². The van der Waals surface area contributed by atoms with Crippen molar-refractivity contribution in [2.24, 2.45) is 4.99 Å². The molecule has 1 aliphatic rings. The minimum absolute atomic E-state index is 0.0448. The van der Waals surface area contributed by atoms with Crippen molar-refractivity contribution in [2.45, 2.75) is 13.5 Å². The number of nitrogens with zero attached hydrogens (tertiary/aromatic N) is 1. The largest absolute Gasteiger partial charge is 0.496 e. The molecule has 6 nitrogen and oxygen atoms in total. The minimum Gasteiger partial charge on any atom is -0.496 e. The average molecular weight is 389 g/mol. The smallest absolute Gasteiger partial charge is 0.387 e. The number of esters is 1. The Morgan fingerprint density at radius 2 is 1.75 bits per heavy atom. The van der Waals surface area contributed by atoms with E-state index in [2.05, 4.69) is 9.73 Å². The fraction of sp³-hybridized carbons (Fsp3) is 0.200. The molecule has 0 spiro atoms. The monoisotopic (exact) mass is 389 g/mol. The molecule has 0 aliphatic carbocycles. The van der Waals surface area contributed by atoms with Gasteiger partial charge in [0.15, 0.2) is 17.2 Å². The predicted molar refractivity (Wildman–Crippen MR) is 98.0 cm³/mol. The van der Waals surface area contributed by atoms with Crippen LogP contribution in [0, 0.1) is 6.92 Å². The topological polar surface area (TPSA) is 66.3 Å². The van der Waals surface area contributed by atoms with Crippen LogP contribution in [0.5, 0.6) is 17.2 Å². The molecule has 3 rings (SSSR count). The van der Waals surface area contributed by atoms with Gasteiger partial charge in [0.05, 0.1) is 14.2 Å². The summed E-state index contributed by atoms with van der Waals surface area (Å²) in [6.45, 7) is -1.10. The van der Waals surface area contributed by atoms with Gasteiger partial charge in [0, 0.05) is 5.56 Å². The van der Waals surface area contributed by atoms with Crippen molar-refractivity contribution in [3.05, 3.63) is 58.8 Å². The van der Waals surface area contributed by atoms with Crippen LogP contribution < -0.4 is 14.2 Å². The van der Waals surface area contributed by atoms with Crippen molar-refractivity contribution < 1.29 is 32.5 Å². The number of rotatable bonds is 6. The summed E-state index contributed by atoms with van der Waals surface area (Å²) in [4.78, 5) is 16.4. The number of carbonyl (C=O) groups is 1. The second-order valence-electron chi connectivity index (χ2n) is 5.81. The summed E-state index contributed by atoms with van der Waals surface area (Å²) < 4.78 is 44.7. The van der Waals surface area contributed by atoms with Crippen LogP contribution in [-0.4, -0.2) is 32.7 Å². The molecule has 1 heterocycles. The Kier molecular flexibility index (Phi) is 5.58. The van der Waals surface area contributed by atoms with Crippen molar-refractivity contribution in [3.63, 3.8) is 0 Å². The van der Waals surface area contributed by atoms with Gasteiger partial charge >= 0.3 is 12.6 Å². The summed E-state index contributed by atoms with van der Waals surface area (Å²) in [5, 5.41) is 0. The Labute approximate surface area is 160 Å². The molecule has 0 saturated heterocycles. The fourth-order valence-corrected chi connectivity index (χ4v) is 2.68. The highest BCUT2D eigenvalue weighted by Gasteiger charge is 2.25. The summed E-state index contributed by atoms with van der Waals surface area (Å²) in [6, 6.07) is 9.59. The Morgan fingerprint density at radius 3 is 2.39 bits per heavy atom. The molecule has 0 atom stereocenters. The Balaban J connectivity index is 1.90. The number of methoxy groups -OCH3 is 2. The van der Waals surface area contributed by atoms with Gasteiger partial charge in [-0.3, -0.25) is 0 Å². The number of carbonyl (C=O) groups excluding carboxylic acids is 1. The molecule has 0 N–H and O–H groups in total. The van der Waals surface area contributed by atoms with Crippen molar-refractivity contribution in [2.75, 3.05) is 14.2 Å². The predicted octanol–water partition coefficient (Wildman–Crippen LogP) is 3.96. The standard InChI is InChI=1S/C20H17F2NO5/c1-11-8-12(4-6-15(11)25-2)9-14-19(24)28-18(23-14)13-5-7-16(27-20(21)22)17(10-13)26-3/h4-10,20H,1-3H3/b14-9+. The first kappa shape index (κ1) is 19.3. The Bertz CT molecular complexity index is 969. The molecule has 0 bridgehead atoms. The van der Waals surface area contributed by atoms with E-state index in [0.29, 0.717) is 5.56 Å². The van der Waals surface area contributed by atoms with Gasteiger partial charge in [0.2, 0.25) is 5.90 Å². The zero-order chi connectivity index (χ0) is 20.3. The van der Waals surface area contributed by atoms with Crippen molar-refractivity contribution in [1.29, 1.82) is 0 Å². The van der Waals surface area contributed by atoms with Gasteiger partial charge in [0.25, 0.3) is 0 Å². The zero-order valence-corrected chi connectivity index (χ0v) is 15.4. The molecule has 2 aromatic carbocycles. The maximum absolute atomic E-state index is 12.4. The van der Waals surface area contributed by atoms with Crippen LogP contribution in [0.15, 0.2) is 47.1 Å². The molecule has 0 aromatic heterocycles. The van der Waals surface area contributed by atoms with E-state index in [1.165, 1.54) is 25.3 Å². The molecule has 146 valence electrons. The van der Waals surface area contributed by atoms with Crippen LogP contribution in [0.4, 0.5) is 8.78 Å². The van der Waals surface area contributed by atoms with Crippen LogP contribution >= 0.6 is 0 Å². The molecule has 28 heavy (non-hydrogen) atoms. The highest BCUT2D eigenvalue weighted by atomic mass is 19.3. The van der Waals surface area contributed by atoms with E-state index in [4.69, 9.17) is 14.2 Å². The van der Waals surface area contributed by atoms with Crippen molar-refractivity contribution in [1.82, 2.24) is 0 Å². The molecule has 1 aliphatic heterocycles. The lowest BCUT2D eigenvalue weighted by Gasteiger charge is -2.10. The molecule has 8 heteroatoms. The second-order valence-corrected chi connectivity index (χ2v) is 5.81. The lowest BCUT2D eigenvalue weighted by Crippen LogP contribution is -2.07. The molecule has 2 aromatic rings. The van der Waals surface area contributed by atoms with Gasteiger partial charge in [-0.2, -0.15) is 8.78 Å². The van der Waals surface area contributed by atoms with Crippen LogP contribution in [-0.2, 0) is 9.53 Å². The highest BCUT2D eigenvalue weighted by molar-refractivity contribution is 6.13. The third-order valence-electron chi connectivity index (χ3n) is 3.97. The van der Waals surface area contributed by atoms with E-state index >= 15 is 0 Å². The number of halogens is 2. The molecule has 0 fully saturated rings. The van der Waals surface area contributed by atoms with E-state index in [-0.39, 0.29) is 23.1 Å². The van der Waals surface area contributed by atoms with E-state index in [0.717, 1.165) is 16.9 Å². The van der Waals surface area contributed by atoms with Gasteiger partial charge in [-0.25, -0.2) is 9.79 Å². The Morgan fingerprint density at radius 1 is 1.04 bits per heavy atom. The third-order valence-corrected chi connectivity index (χ3v) is 3.97. The quantitative estimate of drug-likeness (QED) is 0.553. The number of ether oxygens (including phenoxy) is 4. The molecule has 0 amide bonds. The summed E-state index contributed by atoms with van der Waals surface area (Å²) >= 11 is 0. The summed E-state index contributed by atoms with van der Waals surface area (Å²) in [5.41, 5.74) is 2.17. The fourth-order valence-electron chi connectivity index (χ4n) is 2.68. The Hall–Kier alpha value is -3.42.